The van der Waals surface area contributed by atoms with Gasteiger partial charge in [-0.1, -0.05) is 22.0 Å². The Hall–Kier alpha value is -2.38. The standard InChI is InChI=1S/C22H21BrF5N3O3S/c1-29-6-8-30(9-7-29)19-11-15(3-5-20(19)34-13-22(26,27)28)35(32,33)31-12-17(21(24)25)16-4-2-14(23)10-18(16)31/h2-5,10-12,21H,6-9,13H2,1H3. The van der Waals surface area contributed by atoms with Gasteiger partial charge in [0.1, 0.15) is 5.75 Å². The summed E-state index contributed by atoms with van der Waals surface area (Å²) >= 11 is 3.23. The molecule has 0 saturated carbocycles. The van der Waals surface area contributed by atoms with Crippen molar-refractivity contribution in [3.63, 3.8) is 0 Å². The minimum atomic E-state index is -4.58. The number of aromatic nitrogens is 1. The Morgan fingerprint density at radius 1 is 1.06 bits per heavy atom. The van der Waals surface area contributed by atoms with Crippen LogP contribution in [0.2, 0.25) is 0 Å². The topological polar surface area (TPSA) is 54.8 Å². The third kappa shape index (κ3) is 5.41. The Kier molecular flexibility index (Phi) is 7.04. The highest BCUT2D eigenvalue weighted by molar-refractivity contribution is 9.10. The maximum Gasteiger partial charge on any atom is 0.422 e. The molecule has 2 heterocycles. The molecule has 0 radical (unpaired) electrons. The summed E-state index contributed by atoms with van der Waals surface area (Å²) in [6.45, 7) is 0.579. The minimum Gasteiger partial charge on any atom is -0.482 e. The smallest absolute Gasteiger partial charge is 0.422 e. The largest absolute Gasteiger partial charge is 0.482 e. The van der Waals surface area contributed by atoms with Gasteiger partial charge in [-0.3, -0.25) is 0 Å². The fourth-order valence-corrected chi connectivity index (χ4v) is 5.66. The number of hydrogen-bond donors (Lipinski definition) is 0. The molecule has 0 unspecified atom stereocenters. The van der Waals surface area contributed by atoms with E-state index in [1.54, 1.807) is 4.90 Å². The van der Waals surface area contributed by atoms with Gasteiger partial charge in [0.05, 0.1) is 16.1 Å². The molecule has 3 aromatic rings. The molecular formula is C22H21BrF5N3O3S. The molecule has 35 heavy (non-hydrogen) atoms. The van der Waals surface area contributed by atoms with E-state index in [0.717, 1.165) is 16.2 Å². The molecule has 4 rings (SSSR count). The van der Waals surface area contributed by atoms with Gasteiger partial charge in [0.2, 0.25) is 0 Å². The van der Waals surface area contributed by atoms with Crippen LogP contribution in [-0.2, 0) is 10.0 Å². The lowest BCUT2D eigenvalue weighted by molar-refractivity contribution is -0.153. The summed E-state index contributed by atoms with van der Waals surface area (Å²) in [6, 6.07) is 7.87. The van der Waals surface area contributed by atoms with Crippen LogP contribution >= 0.6 is 15.9 Å². The molecule has 1 aliphatic rings. The van der Waals surface area contributed by atoms with Gasteiger partial charge in [0.15, 0.2) is 6.61 Å². The highest BCUT2D eigenvalue weighted by Crippen LogP contribution is 2.37. The summed E-state index contributed by atoms with van der Waals surface area (Å²) in [6.07, 6.45) is -6.61. The number of ether oxygens (including phenoxy) is 1. The van der Waals surface area contributed by atoms with Crippen molar-refractivity contribution < 1.29 is 35.1 Å². The van der Waals surface area contributed by atoms with E-state index >= 15 is 0 Å². The van der Waals surface area contributed by atoms with Crippen LogP contribution in [0.3, 0.4) is 0 Å². The Labute approximate surface area is 207 Å². The maximum atomic E-state index is 13.6. The van der Waals surface area contributed by atoms with Crippen molar-refractivity contribution in [2.45, 2.75) is 17.5 Å². The van der Waals surface area contributed by atoms with E-state index in [-0.39, 0.29) is 27.2 Å². The summed E-state index contributed by atoms with van der Waals surface area (Å²) in [5.74, 6) is -0.112. The van der Waals surface area contributed by atoms with Gasteiger partial charge in [0.25, 0.3) is 16.4 Å². The van der Waals surface area contributed by atoms with Crippen molar-refractivity contribution in [3.8, 4) is 5.75 Å². The predicted octanol–water partition coefficient (Wildman–Crippen LogP) is 5.27. The number of fused-ring (bicyclic) bond motifs is 1. The predicted molar refractivity (Wildman–Crippen MR) is 125 cm³/mol. The zero-order valence-electron chi connectivity index (χ0n) is 18.4. The molecule has 1 aliphatic heterocycles. The van der Waals surface area contributed by atoms with Crippen LogP contribution in [0.4, 0.5) is 27.6 Å². The highest BCUT2D eigenvalue weighted by atomic mass is 79.9. The summed E-state index contributed by atoms with van der Waals surface area (Å²) in [4.78, 5) is 3.52. The average molecular weight is 582 g/mol. The Balaban J connectivity index is 1.82. The first-order chi connectivity index (χ1) is 16.4. The molecule has 0 amide bonds. The number of benzene rings is 2. The number of rotatable bonds is 6. The van der Waals surface area contributed by atoms with Gasteiger partial charge >= 0.3 is 6.18 Å². The number of nitrogens with zero attached hydrogens (tertiary/aromatic N) is 3. The first-order valence-electron chi connectivity index (χ1n) is 10.5. The first kappa shape index (κ1) is 25.7. The number of halogens is 6. The average Bonchev–Trinajstić information content (AvgIpc) is 3.17. The van der Waals surface area contributed by atoms with Crippen LogP contribution in [0.5, 0.6) is 5.75 Å². The van der Waals surface area contributed by atoms with Crippen molar-refractivity contribution in [1.29, 1.82) is 0 Å². The summed E-state index contributed by atoms with van der Waals surface area (Å²) in [7, 11) is -2.48. The number of anilines is 1. The SMILES string of the molecule is CN1CCN(c2cc(S(=O)(=O)n3cc(C(F)F)c4ccc(Br)cc43)ccc2OCC(F)(F)F)CC1. The monoisotopic (exact) mass is 581 g/mol. The molecule has 13 heteroatoms. The second-order valence-corrected chi connectivity index (χ2v) is 10.9. The molecule has 1 fully saturated rings. The van der Waals surface area contributed by atoms with Crippen LogP contribution in [0.1, 0.15) is 12.0 Å². The highest BCUT2D eigenvalue weighted by Gasteiger charge is 2.31. The fraction of sp³-hybridized carbons (Fsp3) is 0.364. The summed E-state index contributed by atoms with van der Waals surface area (Å²) < 4.78 is 99.0. The van der Waals surface area contributed by atoms with Gasteiger partial charge in [-0.2, -0.15) is 13.2 Å². The van der Waals surface area contributed by atoms with Crippen LogP contribution in [-0.4, -0.2) is 63.3 Å². The second kappa shape index (κ2) is 9.58. The zero-order valence-corrected chi connectivity index (χ0v) is 20.8. The third-order valence-electron chi connectivity index (χ3n) is 5.72. The van der Waals surface area contributed by atoms with Crippen LogP contribution in [0, 0.1) is 0 Å². The van der Waals surface area contributed by atoms with Crippen molar-refractivity contribution in [2.75, 3.05) is 44.7 Å². The van der Waals surface area contributed by atoms with Crippen LogP contribution < -0.4 is 9.64 Å². The van der Waals surface area contributed by atoms with Crippen LogP contribution in [0.25, 0.3) is 10.9 Å². The Bertz CT molecular complexity index is 1340. The molecule has 6 nitrogen and oxygen atoms in total. The lowest BCUT2D eigenvalue weighted by Crippen LogP contribution is -2.44. The minimum absolute atomic E-state index is 0.0493. The van der Waals surface area contributed by atoms with E-state index in [4.69, 9.17) is 4.74 Å². The molecule has 1 aromatic heterocycles. The van der Waals surface area contributed by atoms with E-state index in [1.807, 2.05) is 11.9 Å². The third-order valence-corrected chi connectivity index (χ3v) is 7.89. The Morgan fingerprint density at radius 3 is 2.37 bits per heavy atom. The number of hydrogen-bond acceptors (Lipinski definition) is 5. The summed E-state index contributed by atoms with van der Waals surface area (Å²) in [5, 5.41) is 0.0798. The normalized spacial score (nSPS) is 15.8. The second-order valence-electron chi connectivity index (χ2n) is 8.17. The molecule has 1 saturated heterocycles. The van der Waals surface area contributed by atoms with Crippen molar-refractivity contribution in [1.82, 2.24) is 8.87 Å². The number of likely N-dealkylation sites (N-methyl/N-ethyl adjacent to an activating group) is 1. The number of alkyl halides is 5. The van der Waals surface area contributed by atoms with Gasteiger partial charge in [-0.15, -0.1) is 0 Å². The van der Waals surface area contributed by atoms with E-state index in [9.17, 15) is 30.4 Å². The fourth-order valence-electron chi connectivity index (χ4n) is 3.92. The van der Waals surface area contributed by atoms with E-state index in [0.29, 0.717) is 30.7 Å². The van der Waals surface area contributed by atoms with E-state index in [1.165, 1.54) is 30.3 Å². The molecule has 0 aliphatic carbocycles. The van der Waals surface area contributed by atoms with Crippen molar-refractivity contribution in [2.24, 2.45) is 0 Å². The molecule has 0 N–H and O–H groups in total. The van der Waals surface area contributed by atoms with E-state index < -0.39 is 34.8 Å². The van der Waals surface area contributed by atoms with Crippen LogP contribution in [0.15, 0.2) is 52.0 Å². The van der Waals surface area contributed by atoms with Crippen molar-refractivity contribution in [3.05, 3.63) is 52.6 Å². The quantitative estimate of drug-likeness (QED) is 0.371. The molecule has 0 spiro atoms. The lowest BCUT2D eigenvalue weighted by atomic mass is 10.2. The Morgan fingerprint density at radius 2 is 1.74 bits per heavy atom. The molecular weight excluding hydrogens is 561 g/mol. The number of piperazine rings is 1. The van der Waals surface area contributed by atoms with Gasteiger partial charge < -0.3 is 14.5 Å². The molecule has 190 valence electrons. The summed E-state index contributed by atoms with van der Waals surface area (Å²) in [5.41, 5.74) is -0.205. The zero-order chi connectivity index (χ0) is 25.5. The first-order valence-corrected chi connectivity index (χ1v) is 12.7. The maximum absolute atomic E-state index is 13.6. The van der Waals surface area contributed by atoms with Crippen molar-refractivity contribution >= 4 is 42.5 Å². The molecule has 0 bridgehead atoms. The van der Waals surface area contributed by atoms with Gasteiger partial charge in [0, 0.05) is 47.8 Å². The molecule has 0 atom stereocenters. The van der Waals surface area contributed by atoms with Gasteiger partial charge in [-0.25, -0.2) is 21.2 Å². The van der Waals surface area contributed by atoms with E-state index in [2.05, 4.69) is 15.9 Å². The lowest BCUT2D eigenvalue weighted by Gasteiger charge is -2.35. The van der Waals surface area contributed by atoms with Gasteiger partial charge in [-0.05, 0) is 37.4 Å². The molecule has 2 aromatic carbocycles.